The van der Waals surface area contributed by atoms with Crippen LogP contribution in [0.2, 0.25) is 0 Å². The third kappa shape index (κ3) is 4.94. The SMILES string of the molecule is c1ccc(-c2cc(-c3ccccc3)nc(-n3c(-c4ccc(-n5c6ccccc6c6ccccc65)cc4)c(-c4ccccc4)c4ccccc43)c2)cc1. The summed E-state index contributed by atoms with van der Waals surface area (Å²) in [6, 6.07) is 71.4. The first-order chi connectivity index (χ1) is 25.8. The largest absolute Gasteiger partial charge is 0.309 e. The molecule has 0 aliphatic rings. The molecule has 0 aliphatic carbocycles. The first-order valence-corrected chi connectivity index (χ1v) is 17.7. The molecular weight excluding hydrogens is 631 g/mol. The van der Waals surface area contributed by atoms with E-state index < -0.39 is 0 Å². The van der Waals surface area contributed by atoms with Crippen LogP contribution in [0.4, 0.5) is 0 Å². The molecule has 244 valence electrons. The fourth-order valence-corrected chi connectivity index (χ4v) is 7.80. The van der Waals surface area contributed by atoms with Gasteiger partial charge in [0.05, 0.1) is 27.9 Å². The third-order valence-electron chi connectivity index (χ3n) is 10.1. The molecule has 0 fully saturated rings. The van der Waals surface area contributed by atoms with Gasteiger partial charge in [0, 0.05) is 33.0 Å². The molecule has 7 aromatic carbocycles. The van der Waals surface area contributed by atoms with Gasteiger partial charge < -0.3 is 4.57 Å². The molecule has 52 heavy (non-hydrogen) atoms. The smallest absolute Gasteiger partial charge is 0.138 e. The number of benzene rings is 7. The summed E-state index contributed by atoms with van der Waals surface area (Å²) in [5.41, 5.74) is 13.5. The zero-order chi connectivity index (χ0) is 34.4. The number of aromatic nitrogens is 3. The van der Waals surface area contributed by atoms with Gasteiger partial charge in [-0.15, -0.1) is 0 Å². The molecule has 3 nitrogen and oxygen atoms in total. The number of hydrogen-bond donors (Lipinski definition) is 0. The Hall–Kier alpha value is -6.97. The van der Waals surface area contributed by atoms with Crippen molar-refractivity contribution in [3.63, 3.8) is 0 Å². The third-order valence-corrected chi connectivity index (χ3v) is 10.1. The van der Waals surface area contributed by atoms with E-state index in [-0.39, 0.29) is 0 Å². The summed E-state index contributed by atoms with van der Waals surface area (Å²) in [4.78, 5) is 5.43. The van der Waals surface area contributed by atoms with Crippen molar-refractivity contribution in [1.82, 2.24) is 14.1 Å². The predicted octanol–water partition coefficient (Wildman–Crippen LogP) is 12.8. The minimum atomic E-state index is 0.875. The van der Waals surface area contributed by atoms with Crippen LogP contribution in [0.3, 0.4) is 0 Å². The molecule has 0 radical (unpaired) electrons. The molecule has 0 saturated heterocycles. The molecule has 10 rings (SSSR count). The second-order valence-corrected chi connectivity index (χ2v) is 13.2. The van der Waals surface area contributed by atoms with E-state index in [1.54, 1.807) is 0 Å². The Balaban J connectivity index is 1.25. The van der Waals surface area contributed by atoms with Crippen LogP contribution < -0.4 is 0 Å². The molecule has 3 heteroatoms. The first kappa shape index (κ1) is 29.9. The lowest BCUT2D eigenvalue weighted by Gasteiger charge is -2.16. The Labute approximate surface area is 302 Å². The van der Waals surface area contributed by atoms with Crippen molar-refractivity contribution in [2.45, 2.75) is 0 Å². The lowest BCUT2D eigenvalue weighted by atomic mass is 9.98. The van der Waals surface area contributed by atoms with Crippen molar-refractivity contribution in [2.24, 2.45) is 0 Å². The molecule has 0 spiro atoms. The van der Waals surface area contributed by atoms with Gasteiger partial charge in [-0.25, -0.2) is 4.98 Å². The highest BCUT2D eigenvalue weighted by Crippen LogP contribution is 2.44. The average Bonchev–Trinajstić information content (AvgIpc) is 3.75. The van der Waals surface area contributed by atoms with E-state index in [9.17, 15) is 0 Å². The van der Waals surface area contributed by atoms with Gasteiger partial charge >= 0.3 is 0 Å². The lowest BCUT2D eigenvalue weighted by molar-refractivity contribution is 1.05. The molecule has 3 heterocycles. The summed E-state index contributed by atoms with van der Waals surface area (Å²) in [5.74, 6) is 0.875. The van der Waals surface area contributed by atoms with Gasteiger partial charge in [-0.05, 0) is 64.7 Å². The highest BCUT2D eigenvalue weighted by Gasteiger charge is 2.23. The van der Waals surface area contributed by atoms with Crippen molar-refractivity contribution < 1.29 is 0 Å². The van der Waals surface area contributed by atoms with Gasteiger partial charge in [-0.3, -0.25) is 4.57 Å². The molecule has 0 bridgehead atoms. The van der Waals surface area contributed by atoms with E-state index in [2.05, 4.69) is 209 Å². The second kappa shape index (κ2) is 12.4. The number of pyridine rings is 1. The van der Waals surface area contributed by atoms with Crippen molar-refractivity contribution >= 4 is 32.7 Å². The Bertz CT molecular complexity index is 2750. The molecule has 10 aromatic rings. The van der Waals surface area contributed by atoms with Crippen LogP contribution in [0.1, 0.15) is 0 Å². The van der Waals surface area contributed by atoms with Crippen LogP contribution in [0.5, 0.6) is 0 Å². The Kier molecular flexibility index (Phi) is 7.14. The van der Waals surface area contributed by atoms with Crippen LogP contribution in [0.15, 0.2) is 200 Å². The van der Waals surface area contributed by atoms with E-state index in [1.807, 2.05) is 0 Å². The predicted molar refractivity (Wildman–Crippen MR) is 217 cm³/mol. The van der Waals surface area contributed by atoms with Crippen molar-refractivity contribution in [3.8, 4) is 56.3 Å². The topological polar surface area (TPSA) is 22.8 Å². The molecule has 0 amide bonds. The Morgan fingerprint density at radius 2 is 0.808 bits per heavy atom. The van der Waals surface area contributed by atoms with Crippen LogP contribution in [0, 0.1) is 0 Å². The minimum Gasteiger partial charge on any atom is -0.309 e. The summed E-state index contributed by atoms with van der Waals surface area (Å²) >= 11 is 0. The number of fused-ring (bicyclic) bond motifs is 4. The zero-order valence-corrected chi connectivity index (χ0v) is 28.4. The van der Waals surface area contributed by atoms with E-state index in [0.717, 1.165) is 50.7 Å². The first-order valence-electron chi connectivity index (χ1n) is 17.7. The maximum Gasteiger partial charge on any atom is 0.138 e. The molecule has 3 aromatic heterocycles. The number of para-hydroxylation sites is 3. The molecule has 0 N–H and O–H groups in total. The molecule has 0 saturated carbocycles. The van der Waals surface area contributed by atoms with Crippen LogP contribution >= 0.6 is 0 Å². The molecule has 0 aliphatic heterocycles. The van der Waals surface area contributed by atoms with Gasteiger partial charge in [0.2, 0.25) is 0 Å². The van der Waals surface area contributed by atoms with E-state index in [4.69, 9.17) is 4.98 Å². The van der Waals surface area contributed by atoms with Gasteiger partial charge in [-0.2, -0.15) is 0 Å². The molecule has 0 unspecified atom stereocenters. The normalized spacial score (nSPS) is 11.5. The second-order valence-electron chi connectivity index (χ2n) is 13.2. The summed E-state index contributed by atoms with van der Waals surface area (Å²) in [6.45, 7) is 0. The standard InChI is InChI=1S/C49H33N3/c1-4-16-34(17-5-1)38-32-43(35-18-6-2-7-19-35)50-47(33-38)52-46-27-15-12-24-42(46)48(36-20-8-3-9-21-36)49(52)37-28-30-39(31-29-37)51-44-25-13-10-22-40(44)41-23-11-14-26-45(41)51/h1-33H. The summed E-state index contributed by atoms with van der Waals surface area (Å²) in [6.07, 6.45) is 0. The summed E-state index contributed by atoms with van der Waals surface area (Å²) < 4.78 is 4.74. The maximum atomic E-state index is 5.43. The Morgan fingerprint density at radius 1 is 0.327 bits per heavy atom. The van der Waals surface area contributed by atoms with E-state index >= 15 is 0 Å². The Morgan fingerprint density at radius 3 is 1.40 bits per heavy atom. The fourth-order valence-electron chi connectivity index (χ4n) is 7.80. The van der Waals surface area contributed by atoms with Crippen molar-refractivity contribution in [2.75, 3.05) is 0 Å². The van der Waals surface area contributed by atoms with Gasteiger partial charge in [0.1, 0.15) is 5.82 Å². The number of hydrogen-bond acceptors (Lipinski definition) is 1. The average molecular weight is 664 g/mol. The van der Waals surface area contributed by atoms with Crippen LogP contribution in [-0.4, -0.2) is 14.1 Å². The summed E-state index contributed by atoms with van der Waals surface area (Å²) in [5, 5.41) is 3.70. The van der Waals surface area contributed by atoms with E-state index in [1.165, 1.54) is 38.3 Å². The molecule has 0 atom stereocenters. The van der Waals surface area contributed by atoms with E-state index in [0.29, 0.717) is 0 Å². The highest BCUT2D eigenvalue weighted by atomic mass is 15.1. The zero-order valence-electron chi connectivity index (χ0n) is 28.4. The van der Waals surface area contributed by atoms with Gasteiger partial charge in [0.25, 0.3) is 0 Å². The van der Waals surface area contributed by atoms with Gasteiger partial charge in [-0.1, -0.05) is 158 Å². The quantitative estimate of drug-likeness (QED) is 0.174. The lowest BCUT2D eigenvalue weighted by Crippen LogP contribution is -2.03. The van der Waals surface area contributed by atoms with Crippen molar-refractivity contribution in [3.05, 3.63) is 200 Å². The van der Waals surface area contributed by atoms with Crippen LogP contribution in [-0.2, 0) is 0 Å². The number of rotatable bonds is 6. The van der Waals surface area contributed by atoms with Crippen molar-refractivity contribution in [1.29, 1.82) is 0 Å². The fraction of sp³-hybridized carbons (Fsp3) is 0. The summed E-state index contributed by atoms with van der Waals surface area (Å²) in [7, 11) is 0. The minimum absolute atomic E-state index is 0.875. The monoisotopic (exact) mass is 663 g/mol. The van der Waals surface area contributed by atoms with Gasteiger partial charge in [0.15, 0.2) is 0 Å². The highest BCUT2D eigenvalue weighted by molar-refractivity contribution is 6.09. The number of nitrogens with zero attached hydrogens (tertiary/aromatic N) is 3. The maximum absolute atomic E-state index is 5.43. The molecular formula is C49H33N3. The van der Waals surface area contributed by atoms with Crippen LogP contribution in [0.25, 0.3) is 89.0 Å².